The van der Waals surface area contributed by atoms with E-state index >= 15 is 0 Å². The van der Waals surface area contributed by atoms with Crippen LogP contribution in [0.2, 0.25) is 0 Å². The number of halogens is 1. The first-order valence-corrected chi connectivity index (χ1v) is 11.6. The van der Waals surface area contributed by atoms with Crippen molar-refractivity contribution < 1.29 is 4.42 Å². The van der Waals surface area contributed by atoms with Gasteiger partial charge in [-0.2, -0.15) is 0 Å². The van der Waals surface area contributed by atoms with Gasteiger partial charge in [0.1, 0.15) is 5.01 Å². The second-order valence-corrected chi connectivity index (χ2v) is 8.89. The van der Waals surface area contributed by atoms with E-state index in [2.05, 4.69) is 74.2 Å². The van der Waals surface area contributed by atoms with Crippen LogP contribution in [0.3, 0.4) is 0 Å². The van der Waals surface area contributed by atoms with E-state index in [1.807, 2.05) is 12.1 Å². The van der Waals surface area contributed by atoms with Crippen molar-refractivity contribution >= 4 is 39.0 Å². The summed E-state index contributed by atoms with van der Waals surface area (Å²) in [7, 11) is 0. The lowest BCUT2D eigenvalue weighted by Crippen LogP contribution is -2.01. The third kappa shape index (κ3) is 4.09. The normalized spacial score (nSPS) is 11.2. The maximum Gasteiger partial charge on any atom is 0.200 e. The Labute approximate surface area is 180 Å². The Kier molecular flexibility index (Phi) is 5.99. The first kappa shape index (κ1) is 19.4. The summed E-state index contributed by atoms with van der Waals surface area (Å²) in [5, 5.41) is 12.8. The molecule has 0 amide bonds. The van der Waals surface area contributed by atoms with Gasteiger partial charge in [0.15, 0.2) is 15.6 Å². The highest BCUT2D eigenvalue weighted by atomic mass is 79.9. The van der Waals surface area contributed by atoms with E-state index in [1.54, 1.807) is 23.1 Å². The largest absolute Gasteiger partial charge is 0.446 e. The van der Waals surface area contributed by atoms with Crippen LogP contribution in [0, 0.1) is 6.92 Å². The van der Waals surface area contributed by atoms with Crippen LogP contribution < -0.4 is 0 Å². The number of thiazole rings is 1. The van der Waals surface area contributed by atoms with E-state index in [9.17, 15) is 0 Å². The molecular formula is C20H19BrN4OS2. The molecule has 1 aromatic carbocycles. The number of rotatable bonds is 7. The smallest absolute Gasteiger partial charge is 0.200 e. The first-order chi connectivity index (χ1) is 13.7. The molecule has 0 saturated heterocycles. The fraction of sp³-hybridized carbons (Fsp3) is 0.250. The molecule has 0 atom stereocenters. The lowest BCUT2D eigenvalue weighted by molar-refractivity contribution is 0.539. The Bertz CT molecular complexity index is 1090. The number of furan rings is 1. The molecule has 5 nitrogen and oxygen atoms in total. The van der Waals surface area contributed by atoms with Gasteiger partial charge in [-0.25, -0.2) is 4.98 Å². The third-order valence-electron chi connectivity index (χ3n) is 4.23. The van der Waals surface area contributed by atoms with Crippen LogP contribution in [0.15, 0.2) is 56.0 Å². The zero-order valence-electron chi connectivity index (χ0n) is 15.6. The molecule has 4 rings (SSSR count). The van der Waals surface area contributed by atoms with Crippen LogP contribution in [0.25, 0.3) is 22.2 Å². The van der Waals surface area contributed by atoms with Crippen LogP contribution in [0.4, 0.5) is 0 Å². The Balaban J connectivity index is 1.53. The average Bonchev–Trinajstić information content (AvgIpc) is 3.41. The van der Waals surface area contributed by atoms with Crippen molar-refractivity contribution in [3.8, 4) is 22.2 Å². The molecule has 3 aromatic heterocycles. The summed E-state index contributed by atoms with van der Waals surface area (Å²) in [4.78, 5) is 4.82. The number of nitrogens with zero attached hydrogens (tertiary/aromatic N) is 4. The van der Waals surface area contributed by atoms with Crippen LogP contribution in [-0.2, 0) is 12.3 Å². The first-order valence-electron chi connectivity index (χ1n) is 8.98. The molecule has 0 radical (unpaired) electrons. The Hall–Kier alpha value is -1.90. The molecular weight excluding hydrogens is 456 g/mol. The molecule has 8 heteroatoms. The second-order valence-electron chi connectivity index (χ2n) is 6.31. The predicted octanol–water partition coefficient (Wildman–Crippen LogP) is 6.43. The summed E-state index contributed by atoms with van der Waals surface area (Å²) in [6, 6.07) is 12.1. The zero-order valence-corrected chi connectivity index (χ0v) is 18.8. The van der Waals surface area contributed by atoms with Gasteiger partial charge in [-0.15, -0.1) is 21.5 Å². The maximum absolute atomic E-state index is 5.67. The Morgan fingerprint density at radius 3 is 2.79 bits per heavy atom. The van der Waals surface area contributed by atoms with Gasteiger partial charge in [0.25, 0.3) is 0 Å². The number of aryl methyl sites for hydroxylation is 1. The molecule has 144 valence electrons. The minimum absolute atomic E-state index is 0.689. The number of benzene rings is 1. The fourth-order valence-electron chi connectivity index (χ4n) is 2.89. The fourth-order valence-corrected chi connectivity index (χ4v) is 5.06. The molecule has 0 aliphatic carbocycles. The van der Waals surface area contributed by atoms with E-state index in [-0.39, 0.29) is 0 Å². The van der Waals surface area contributed by atoms with Crippen LogP contribution >= 0.6 is 39.0 Å². The van der Waals surface area contributed by atoms with E-state index in [1.165, 1.54) is 11.1 Å². The van der Waals surface area contributed by atoms with E-state index in [0.29, 0.717) is 4.67 Å². The lowest BCUT2D eigenvalue weighted by atomic mass is 10.1. The standard InChI is InChI=1S/C20H19BrN4OS2/c1-3-10-25-18(16-8-9-17(21)26-16)23-24-20(25)28-12-14-11-27-19(22-14)15-7-5-4-6-13(15)2/h4-9,11H,3,10,12H2,1-2H3. The molecule has 0 unspecified atom stereocenters. The second kappa shape index (κ2) is 8.63. The van der Waals surface area contributed by atoms with Crippen LogP contribution in [-0.4, -0.2) is 19.7 Å². The highest BCUT2D eigenvalue weighted by Gasteiger charge is 2.17. The van der Waals surface area contributed by atoms with Crippen molar-refractivity contribution in [1.82, 2.24) is 19.7 Å². The van der Waals surface area contributed by atoms with Gasteiger partial charge in [0, 0.05) is 23.2 Å². The lowest BCUT2D eigenvalue weighted by Gasteiger charge is -2.06. The summed E-state index contributed by atoms with van der Waals surface area (Å²) >= 11 is 6.69. The molecule has 28 heavy (non-hydrogen) atoms. The maximum atomic E-state index is 5.67. The molecule has 0 spiro atoms. The molecule has 0 bridgehead atoms. The number of aromatic nitrogens is 4. The molecule has 4 aromatic rings. The molecule has 0 aliphatic rings. The summed E-state index contributed by atoms with van der Waals surface area (Å²) in [6.07, 6.45) is 0.995. The summed E-state index contributed by atoms with van der Waals surface area (Å²) in [5.41, 5.74) is 3.50. The van der Waals surface area contributed by atoms with E-state index in [4.69, 9.17) is 9.40 Å². The Morgan fingerprint density at radius 2 is 2.04 bits per heavy atom. The molecule has 3 heterocycles. The molecule has 0 saturated carbocycles. The van der Waals surface area contributed by atoms with Gasteiger partial charge in [-0.05, 0) is 47.0 Å². The van der Waals surface area contributed by atoms with Crippen LogP contribution in [0.5, 0.6) is 0 Å². The zero-order chi connectivity index (χ0) is 19.5. The van der Waals surface area contributed by atoms with Crippen molar-refractivity contribution in [1.29, 1.82) is 0 Å². The Morgan fingerprint density at radius 1 is 1.18 bits per heavy atom. The average molecular weight is 475 g/mol. The van der Waals surface area contributed by atoms with Crippen LogP contribution in [0.1, 0.15) is 24.6 Å². The van der Waals surface area contributed by atoms with Gasteiger partial charge in [-0.1, -0.05) is 43.0 Å². The van der Waals surface area contributed by atoms with Crippen molar-refractivity contribution in [3.63, 3.8) is 0 Å². The van der Waals surface area contributed by atoms with E-state index < -0.39 is 0 Å². The minimum atomic E-state index is 0.689. The third-order valence-corrected chi connectivity index (χ3v) is 6.58. The van der Waals surface area contributed by atoms with Gasteiger partial charge < -0.3 is 4.42 Å². The number of hydrogen-bond donors (Lipinski definition) is 0. The summed E-state index contributed by atoms with van der Waals surface area (Å²) < 4.78 is 8.47. The highest BCUT2D eigenvalue weighted by Crippen LogP contribution is 2.31. The van der Waals surface area contributed by atoms with Gasteiger partial charge >= 0.3 is 0 Å². The van der Waals surface area contributed by atoms with Gasteiger partial charge in [0.2, 0.25) is 5.82 Å². The minimum Gasteiger partial charge on any atom is -0.446 e. The van der Waals surface area contributed by atoms with Crippen molar-refractivity contribution in [3.05, 3.63) is 57.7 Å². The highest BCUT2D eigenvalue weighted by molar-refractivity contribution is 9.10. The van der Waals surface area contributed by atoms with Gasteiger partial charge in [-0.3, -0.25) is 4.57 Å². The van der Waals surface area contributed by atoms with Crippen molar-refractivity contribution in [2.45, 2.75) is 37.7 Å². The number of thioether (sulfide) groups is 1. The molecule has 0 N–H and O–H groups in total. The monoisotopic (exact) mass is 474 g/mol. The topological polar surface area (TPSA) is 56.7 Å². The quantitative estimate of drug-likeness (QED) is 0.288. The summed E-state index contributed by atoms with van der Waals surface area (Å²) in [5.74, 6) is 2.23. The molecule has 0 fully saturated rings. The summed E-state index contributed by atoms with van der Waals surface area (Å²) in [6.45, 7) is 5.10. The van der Waals surface area contributed by atoms with E-state index in [0.717, 1.165) is 46.2 Å². The van der Waals surface area contributed by atoms with Gasteiger partial charge in [0.05, 0.1) is 5.69 Å². The number of hydrogen-bond acceptors (Lipinski definition) is 6. The predicted molar refractivity (Wildman–Crippen MR) is 118 cm³/mol. The van der Waals surface area contributed by atoms with Crippen molar-refractivity contribution in [2.75, 3.05) is 0 Å². The molecule has 0 aliphatic heterocycles. The SMILES string of the molecule is CCCn1c(SCc2csc(-c3ccccc3C)n2)nnc1-c1ccc(Br)o1. The van der Waals surface area contributed by atoms with Crippen molar-refractivity contribution in [2.24, 2.45) is 0 Å².